The Kier molecular flexibility index (Phi) is 8.17. The van der Waals surface area contributed by atoms with Crippen LogP contribution in [0.25, 0.3) is 83.4 Å². The summed E-state index contributed by atoms with van der Waals surface area (Å²) < 4.78 is 105. The monoisotopic (exact) mass is 1110 g/mol. The standard InChI is InChI=1S/C64H53N5O.Pt/c1-42-37-59(65-40-54(42)43-28-30-46(31-29-43)64(2,3)4)69-55-25-12-11-23-50(55)51-33-32-49(39-58(51)69)70-48-22-15-21-47(38-48)67-41-68(57-27-14-13-26-56(57)67)63-60(44-17-7-5-8-18-44)52-24-16-35-66-36-34-53(62(52)66)61(63)45-19-9-6-10-20-45;/h5-15,17-23,25-33,37-40H,16,24,34-36H2,1-4H3;/i5D,6D,7D,8D,9D,10D,17D,18D,19D,20D;. The topological polar surface area (TPSA) is 40.1 Å². The molecule has 0 amide bonds. The summed E-state index contributed by atoms with van der Waals surface area (Å²) in [7, 11) is 0. The van der Waals surface area contributed by atoms with Crippen LogP contribution in [-0.2, 0) is 37.6 Å². The van der Waals surface area contributed by atoms with Gasteiger partial charge in [0.05, 0.1) is 0 Å². The van der Waals surface area contributed by atoms with E-state index in [1.807, 2.05) is 83.6 Å². The number of para-hydroxylation sites is 3. The molecule has 0 spiro atoms. The van der Waals surface area contributed by atoms with E-state index in [4.69, 9.17) is 17.9 Å². The van der Waals surface area contributed by atoms with Crippen molar-refractivity contribution in [1.29, 1.82) is 0 Å². The number of rotatable bonds is 8. The molecular weight excluding hydrogens is 1050 g/mol. The van der Waals surface area contributed by atoms with Gasteiger partial charge in [-0.1, -0.05) is 57.2 Å². The molecule has 0 unspecified atom stereocenters. The third-order valence-electron chi connectivity index (χ3n) is 14.2. The second-order valence-corrected chi connectivity index (χ2v) is 20.5. The van der Waals surface area contributed by atoms with Crippen LogP contribution in [0.15, 0.2) is 188 Å². The number of benzene rings is 8. The van der Waals surface area contributed by atoms with Crippen LogP contribution in [0.4, 0.5) is 5.69 Å². The van der Waals surface area contributed by atoms with Gasteiger partial charge in [0, 0.05) is 11.8 Å². The number of hydrogen-bond donors (Lipinski definition) is 0. The quantitative estimate of drug-likeness (QED) is 0.152. The first-order valence-corrected chi connectivity index (χ1v) is 25.2. The number of ether oxygens (including phenoxy) is 1. The van der Waals surface area contributed by atoms with E-state index in [0.29, 0.717) is 63.6 Å². The van der Waals surface area contributed by atoms with Crippen LogP contribution >= 0.6 is 0 Å². The Morgan fingerprint density at radius 2 is 1.23 bits per heavy atom. The molecule has 2 aliphatic heterocycles. The molecule has 0 radical (unpaired) electrons. The summed E-state index contributed by atoms with van der Waals surface area (Å²) in [5.74, 6) is 1.93. The summed E-state index contributed by atoms with van der Waals surface area (Å²) in [6, 6.07) is 36.1. The molecule has 7 heteroatoms. The zero-order chi connectivity index (χ0) is 56.7. The maximum atomic E-state index is 9.51. The summed E-state index contributed by atoms with van der Waals surface area (Å²) in [5, 5.41) is 2.13. The SMILES string of the molecule is [2H]c1c([2H])c([2H])c(-c2c3c4c(c(-c5c([2H])c([2H])c([2H])c([2H])c5[2H])c2-n2[c](=[Pt])n(-c5cccc(Oc6ccc7c8ccccc8n(-c8cc(C)c(-c9ccc(C(C)(C)C)cc9)cn8)c7c6)c5)c5ccccc52)CCN4CCC3)c([2H])c1[2H]. The number of aromatic nitrogens is 4. The summed E-state index contributed by atoms with van der Waals surface area (Å²) in [6.45, 7) is 10.1. The van der Waals surface area contributed by atoms with Crippen LogP contribution in [0.1, 0.15) is 63.2 Å². The fourth-order valence-electron chi connectivity index (χ4n) is 11.0. The number of hydrogen-bond acceptors (Lipinski definition) is 3. The molecule has 0 aliphatic carbocycles. The number of anilines is 1. The van der Waals surface area contributed by atoms with Crippen LogP contribution < -0.4 is 9.64 Å². The Labute approximate surface area is 439 Å². The zero-order valence-electron chi connectivity index (χ0n) is 49.6. The van der Waals surface area contributed by atoms with Crippen molar-refractivity contribution in [3.8, 4) is 62.1 Å². The second-order valence-electron chi connectivity index (χ2n) is 19.5. The van der Waals surface area contributed by atoms with E-state index >= 15 is 0 Å². The van der Waals surface area contributed by atoms with Crippen molar-refractivity contribution < 1.29 is 37.8 Å². The van der Waals surface area contributed by atoms with Crippen molar-refractivity contribution in [2.24, 2.45) is 0 Å². The van der Waals surface area contributed by atoms with Gasteiger partial charge < -0.3 is 0 Å². The first-order valence-electron chi connectivity index (χ1n) is 29.0. The first kappa shape index (κ1) is 33.9. The average Bonchev–Trinajstić information content (AvgIpc) is 3.63. The molecule has 0 N–H and O–H groups in total. The van der Waals surface area contributed by atoms with Gasteiger partial charge in [0.2, 0.25) is 0 Å². The molecule has 0 bridgehead atoms. The van der Waals surface area contributed by atoms with Gasteiger partial charge in [-0.15, -0.1) is 0 Å². The summed E-state index contributed by atoms with van der Waals surface area (Å²) >= 11 is 2.25. The van der Waals surface area contributed by atoms with Crippen molar-refractivity contribution in [3.63, 3.8) is 0 Å². The molecule has 11 aromatic rings. The van der Waals surface area contributed by atoms with E-state index in [0.717, 1.165) is 78.8 Å². The maximum absolute atomic E-state index is 9.51. The average molecular weight is 1110 g/mol. The molecule has 5 heterocycles. The molecule has 13 rings (SSSR count). The summed E-state index contributed by atoms with van der Waals surface area (Å²) in [6.07, 6.45) is 3.70. The van der Waals surface area contributed by atoms with E-state index in [-0.39, 0.29) is 16.5 Å². The molecule has 0 fully saturated rings. The van der Waals surface area contributed by atoms with E-state index < -0.39 is 60.4 Å². The minimum absolute atomic E-state index is 0.0206. The van der Waals surface area contributed by atoms with E-state index in [9.17, 15) is 5.48 Å². The predicted molar refractivity (Wildman–Crippen MR) is 288 cm³/mol. The van der Waals surface area contributed by atoms with Crippen LogP contribution in [-0.4, -0.2) is 31.8 Å². The molecule has 0 saturated heterocycles. The van der Waals surface area contributed by atoms with E-state index in [1.54, 1.807) is 0 Å². The number of nitrogens with zero attached hydrogens (tertiary/aromatic N) is 5. The molecule has 2 aliphatic rings. The molecule has 350 valence electrons. The molecular formula is C64H53N5OPt. The normalized spacial score (nSPS) is 15.4. The Balaban J connectivity index is 0.989. The third-order valence-corrected chi connectivity index (χ3v) is 15.2. The Morgan fingerprint density at radius 1 is 0.577 bits per heavy atom. The minimum atomic E-state index is -0.531. The van der Waals surface area contributed by atoms with Gasteiger partial charge in [-0.25, -0.2) is 0 Å². The van der Waals surface area contributed by atoms with Gasteiger partial charge in [0.15, 0.2) is 0 Å². The van der Waals surface area contributed by atoms with E-state index in [1.165, 1.54) is 5.56 Å². The molecule has 71 heavy (non-hydrogen) atoms. The Hall–Kier alpha value is -7.53. The van der Waals surface area contributed by atoms with Crippen molar-refractivity contribution in [2.75, 3.05) is 18.0 Å². The number of pyridine rings is 1. The van der Waals surface area contributed by atoms with Crippen LogP contribution in [0.2, 0.25) is 0 Å². The number of aryl methyl sites for hydroxylation is 1. The predicted octanol–water partition coefficient (Wildman–Crippen LogP) is 15.7. The first-order chi connectivity index (χ1) is 38.8. The molecule has 3 aromatic heterocycles. The molecule has 8 aromatic carbocycles. The van der Waals surface area contributed by atoms with Gasteiger partial charge in [-0.05, 0) is 29.0 Å². The fraction of sp³-hybridized carbons (Fsp3) is 0.156. The van der Waals surface area contributed by atoms with Crippen molar-refractivity contribution in [2.45, 2.75) is 52.4 Å². The van der Waals surface area contributed by atoms with Gasteiger partial charge in [-0.3, -0.25) is 0 Å². The number of fused-ring (bicyclic) bond motifs is 4. The van der Waals surface area contributed by atoms with E-state index in [2.05, 4.69) is 110 Å². The van der Waals surface area contributed by atoms with Gasteiger partial charge in [-0.2, -0.15) is 0 Å². The summed E-state index contributed by atoms with van der Waals surface area (Å²) in [4.78, 5) is 7.31. The second kappa shape index (κ2) is 17.1. The Morgan fingerprint density at radius 3 is 1.93 bits per heavy atom. The Bertz CT molecular complexity index is 4520. The van der Waals surface area contributed by atoms with Crippen molar-refractivity contribution in [1.82, 2.24) is 18.7 Å². The molecule has 6 nitrogen and oxygen atoms in total. The van der Waals surface area contributed by atoms with Crippen LogP contribution in [0.3, 0.4) is 0 Å². The van der Waals surface area contributed by atoms with Crippen LogP contribution in [0, 0.1) is 10.7 Å². The zero-order valence-corrected chi connectivity index (χ0v) is 41.9. The molecule has 0 saturated carbocycles. The summed E-state index contributed by atoms with van der Waals surface area (Å²) in [5.41, 5.74) is 12.1. The van der Waals surface area contributed by atoms with Gasteiger partial charge in [0.1, 0.15) is 0 Å². The van der Waals surface area contributed by atoms with Crippen molar-refractivity contribution >= 4 is 38.5 Å². The van der Waals surface area contributed by atoms with Gasteiger partial charge in [0.25, 0.3) is 0 Å². The van der Waals surface area contributed by atoms with Crippen molar-refractivity contribution in [3.05, 3.63) is 214 Å². The number of imidazole rings is 1. The van der Waals surface area contributed by atoms with Crippen LogP contribution in [0.5, 0.6) is 11.5 Å². The van der Waals surface area contributed by atoms with Gasteiger partial charge >= 0.3 is 343 Å². The third kappa shape index (κ3) is 7.25. The fourth-order valence-corrected chi connectivity index (χ4v) is 12.1. The molecule has 0 atom stereocenters.